The van der Waals surface area contributed by atoms with Crippen LogP contribution in [0.15, 0.2) is 24.3 Å². The summed E-state index contributed by atoms with van der Waals surface area (Å²) in [4.78, 5) is 13.0. The highest BCUT2D eigenvalue weighted by Crippen LogP contribution is 2.43. The monoisotopic (exact) mass is 524 g/mol. The summed E-state index contributed by atoms with van der Waals surface area (Å²) in [5, 5.41) is 2.58. The van der Waals surface area contributed by atoms with Crippen molar-refractivity contribution in [3.63, 3.8) is 0 Å². The van der Waals surface area contributed by atoms with Gasteiger partial charge in [0.05, 0.1) is 10.9 Å². The maximum atomic E-state index is 13.0. The molecule has 0 bridgehead atoms. The van der Waals surface area contributed by atoms with E-state index in [1.165, 1.54) is 38.5 Å². The Labute approximate surface area is 192 Å². The molecule has 0 spiro atoms. The lowest BCUT2D eigenvalue weighted by Crippen LogP contribution is -2.30. The van der Waals surface area contributed by atoms with Gasteiger partial charge in [0, 0.05) is 8.96 Å². The molecule has 2 aliphatic rings. The first-order valence-corrected chi connectivity index (χ1v) is 12.5. The Kier molecular flexibility index (Phi) is 6.75. The van der Waals surface area contributed by atoms with E-state index in [4.69, 9.17) is 16.3 Å². The molecular weight excluding hydrogens is 495 g/mol. The fourth-order valence-corrected chi connectivity index (χ4v) is 6.19. The van der Waals surface area contributed by atoms with Crippen LogP contribution in [0.3, 0.4) is 0 Å². The topological polar surface area (TPSA) is 26.3 Å². The van der Waals surface area contributed by atoms with Crippen LogP contribution in [-0.2, 0) is 4.79 Å². The highest BCUT2D eigenvalue weighted by atomic mass is 127. The smallest absolute Gasteiger partial charge is 0.314 e. The van der Waals surface area contributed by atoms with Gasteiger partial charge in [-0.3, -0.25) is 4.79 Å². The zero-order valence-corrected chi connectivity index (χ0v) is 20.3. The SMILES string of the molecule is Cc1c(I)c(Cl)c(OC(=O)C2CCC(C3CCC(C)CC3)CC2)c2ccccc12. The van der Waals surface area contributed by atoms with E-state index in [9.17, 15) is 4.79 Å². The van der Waals surface area contributed by atoms with Crippen LogP contribution in [0.25, 0.3) is 10.8 Å². The van der Waals surface area contributed by atoms with Crippen LogP contribution in [0.1, 0.15) is 63.9 Å². The minimum atomic E-state index is -0.104. The number of benzene rings is 2. The van der Waals surface area contributed by atoms with E-state index in [0.717, 1.165) is 50.5 Å². The molecule has 0 atom stereocenters. The van der Waals surface area contributed by atoms with E-state index >= 15 is 0 Å². The summed E-state index contributed by atoms with van der Waals surface area (Å²) in [5.41, 5.74) is 1.13. The molecule has 0 N–H and O–H groups in total. The normalized spacial score (nSPS) is 27.7. The number of hydrogen-bond acceptors (Lipinski definition) is 2. The predicted molar refractivity (Wildman–Crippen MR) is 129 cm³/mol. The van der Waals surface area contributed by atoms with Crippen molar-refractivity contribution in [2.45, 2.75) is 65.2 Å². The van der Waals surface area contributed by atoms with E-state index in [-0.39, 0.29) is 11.9 Å². The predicted octanol–water partition coefficient (Wildman–Crippen LogP) is 7.94. The zero-order valence-electron chi connectivity index (χ0n) is 17.3. The second kappa shape index (κ2) is 9.13. The number of hydrogen-bond donors (Lipinski definition) is 0. The molecule has 0 heterocycles. The fourth-order valence-electron chi connectivity index (χ4n) is 5.38. The summed E-state index contributed by atoms with van der Waals surface area (Å²) >= 11 is 8.86. The highest BCUT2D eigenvalue weighted by molar-refractivity contribution is 14.1. The molecule has 0 radical (unpaired) electrons. The molecule has 0 saturated heterocycles. The maximum Gasteiger partial charge on any atom is 0.314 e. The number of esters is 1. The van der Waals surface area contributed by atoms with Crippen molar-refractivity contribution < 1.29 is 9.53 Å². The molecule has 2 aliphatic carbocycles. The second-order valence-electron chi connectivity index (χ2n) is 9.18. The number of carbonyl (C=O) groups is 1. The van der Waals surface area contributed by atoms with Crippen molar-refractivity contribution in [1.29, 1.82) is 0 Å². The molecule has 0 aromatic heterocycles. The first kappa shape index (κ1) is 21.4. The van der Waals surface area contributed by atoms with Crippen LogP contribution in [0.4, 0.5) is 0 Å². The summed E-state index contributed by atoms with van der Waals surface area (Å²) in [5.74, 6) is 3.01. The van der Waals surface area contributed by atoms with Gasteiger partial charge in [-0.15, -0.1) is 0 Å². The molecule has 0 unspecified atom stereocenters. The first-order chi connectivity index (χ1) is 14.0. The molecule has 2 aromatic rings. The lowest BCUT2D eigenvalue weighted by molar-refractivity contribution is -0.140. The van der Waals surface area contributed by atoms with Gasteiger partial charge in [0.2, 0.25) is 0 Å². The molecule has 2 aromatic carbocycles. The fraction of sp³-hybridized carbons (Fsp3) is 0.560. The molecule has 4 rings (SSSR count). The first-order valence-electron chi connectivity index (χ1n) is 11.0. The van der Waals surface area contributed by atoms with Crippen LogP contribution < -0.4 is 4.74 Å². The van der Waals surface area contributed by atoms with Crippen molar-refractivity contribution in [2.24, 2.45) is 23.7 Å². The Balaban J connectivity index is 1.44. The van der Waals surface area contributed by atoms with Crippen LogP contribution in [-0.4, -0.2) is 5.97 Å². The average Bonchev–Trinajstić information content (AvgIpc) is 2.75. The van der Waals surface area contributed by atoms with Gasteiger partial charge in [-0.05, 0) is 96.7 Å². The minimum Gasteiger partial charge on any atom is -0.424 e. The van der Waals surface area contributed by atoms with Gasteiger partial charge in [0.25, 0.3) is 0 Å². The third-order valence-electron chi connectivity index (χ3n) is 7.33. The Morgan fingerprint density at radius 2 is 1.52 bits per heavy atom. The van der Waals surface area contributed by atoms with E-state index in [2.05, 4.69) is 42.5 Å². The van der Waals surface area contributed by atoms with Crippen LogP contribution in [0.2, 0.25) is 5.02 Å². The molecule has 2 fully saturated rings. The van der Waals surface area contributed by atoms with Crippen molar-refractivity contribution >= 4 is 50.9 Å². The van der Waals surface area contributed by atoms with Crippen molar-refractivity contribution in [1.82, 2.24) is 0 Å². The van der Waals surface area contributed by atoms with Crippen LogP contribution >= 0.6 is 34.2 Å². The third kappa shape index (κ3) is 4.46. The van der Waals surface area contributed by atoms with Gasteiger partial charge < -0.3 is 4.74 Å². The largest absolute Gasteiger partial charge is 0.424 e. The van der Waals surface area contributed by atoms with Crippen molar-refractivity contribution in [2.75, 3.05) is 0 Å². The van der Waals surface area contributed by atoms with E-state index < -0.39 is 0 Å². The van der Waals surface area contributed by atoms with Crippen LogP contribution in [0, 0.1) is 34.2 Å². The minimum absolute atomic E-state index is 0.00237. The quantitative estimate of drug-likeness (QED) is 0.231. The van der Waals surface area contributed by atoms with E-state index in [1.54, 1.807) is 0 Å². The van der Waals surface area contributed by atoms with Crippen LogP contribution in [0.5, 0.6) is 5.75 Å². The number of carbonyl (C=O) groups excluding carboxylic acids is 1. The van der Waals surface area contributed by atoms with E-state index in [0.29, 0.717) is 10.8 Å². The van der Waals surface area contributed by atoms with Gasteiger partial charge in [0.15, 0.2) is 5.75 Å². The lowest BCUT2D eigenvalue weighted by atomic mass is 9.69. The molecule has 4 heteroatoms. The van der Waals surface area contributed by atoms with E-state index in [1.807, 2.05) is 18.2 Å². The van der Waals surface area contributed by atoms with Gasteiger partial charge >= 0.3 is 5.97 Å². The molecule has 0 aliphatic heterocycles. The average molecular weight is 525 g/mol. The number of ether oxygens (including phenoxy) is 1. The Hall–Kier alpha value is -0.810. The molecule has 2 saturated carbocycles. The number of halogens is 2. The lowest BCUT2D eigenvalue weighted by Gasteiger charge is -2.36. The number of rotatable bonds is 3. The third-order valence-corrected chi connectivity index (χ3v) is 9.36. The summed E-state index contributed by atoms with van der Waals surface area (Å²) in [6, 6.07) is 8.04. The summed E-state index contributed by atoms with van der Waals surface area (Å²) in [6.07, 6.45) is 9.75. The van der Waals surface area contributed by atoms with Gasteiger partial charge in [-0.25, -0.2) is 0 Å². The standard InChI is InChI=1S/C25H30ClIO2/c1-15-7-9-17(10-8-15)18-11-13-19(14-12-18)25(28)29-24-21-6-4-3-5-20(21)16(2)23(27)22(24)26/h3-6,15,17-19H,7-14H2,1-2H3. The number of aryl methyl sites for hydroxylation is 1. The zero-order chi connectivity index (χ0) is 20.5. The Bertz CT molecular complexity index is 893. The van der Waals surface area contributed by atoms with Crippen molar-refractivity contribution in [3.05, 3.63) is 38.4 Å². The maximum absolute atomic E-state index is 13.0. The highest BCUT2D eigenvalue weighted by Gasteiger charge is 2.33. The molecule has 0 amide bonds. The molecule has 156 valence electrons. The molecule has 2 nitrogen and oxygen atoms in total. The van der Waals surface area contributed by atoms with Gasteiger partial charge in [-0.2, -0.15) is 0 Å². The van der Waals surface area contributed by atoms with Gasteiger partial charge in [0.1, 0.15) is 0 Å². The summed E-state index contributed by atoms with van der Waals surface area (Å²) in [7, 11) is 0. The number of fused-ring (bicyclic) bond motifs is 1. The second-order valence-corrected chi connectivity index (χ2v) is 10.6. The summed E-state index contributed by atoms with van der Waals surface area (Å²) < 4.78 is 6.91. The van der Waals surface area contributed by atoms with Crippen molar-refractivity contribution in [3.8, 4) is 5.75 Å². The molecule has 29 heavy (non-hydrogen) atoms. The van der Waals surface area contributed by atoms with Gasteiger partial charge in [-0.1, -0.05) is 55.6 Å². The summed E-state index contributed by atoms with van der Waals surface area (Å²) in [6.45, 7) is 4.44. The Morgan fingerprint density at radius 1 is 0.966 bits per heavy atom. The Morgan fingerprint density at radius 3 is 2.14 bits per heavy atom. The molecular formula is C25H30ClIO2.